The van der Waals surface area contributed by atoms with Crippen LogP contribution < -0.4 is 0 Å². The first-order chi connectivity index (χ1) is 13.4. The Hall–Kier alpha value is -1.85. The highest BCUT2D eigenvalue weighted by molar-refractivity contribution is 5.18. The third-order valence-corrected chi connectivity index (χ3v) is 6.53. The number of aryl methyl sites for hydroxylation is 3. The predicted octanol–water partition coefficient (Wildman–Crippen LogP) is 4.03. The van der Waals surface area contributed by atoms with Crippen LogP contribution in [0.15, 0.2) is 24.3 Å². The second-order valence-corrected chi connectivity index (χ2v) is 8.83. The molecule has 1 aromatic carbocycles. The van der Waals surface area contributed by atoms with Crippen LogP contribution in [0.25, 0.3) is 0 Å². The Morgan fingerprint density at radius 3 is 2.29 bits per heavy atom. The molecule has 0 saturated carbocycles. The fourth-order valence-electron chi connectivity index (χ4n) is 4.91. The molecule has 0 radical (unpaired) electrons. The zero-order valence-electron chi connectivity index (χ0n) is 17.3. The minimum absolute atomic E-state index is 0.157. The van der Waals surface area contributed by atoms with Crippen LogP contribution in [0.1, 0.15) is 47.6 Å². The predicted molar refractivity (Wildman–Crippen MR) is 109 cm³/mol. The molecule has 2 aliphatic rings. The highest BCUT2D eigenvalue weighted by Crippen LogP contribution is 2.39. The average molecular weight is 383 g/mol. The Balaban J connectivity index is 1.39. The Bertz CT molecular complexity index is 835. The van der Waals surface area contributed by atoms with Gasteiger partial charge in [0.15, 0.2) is 0 Å². The Morgan fingerprint density at radius 2 is 1.54 bits per heavy atom. The molecule has 2 aromatic rings. The van der Waals surface area contributed by atoms with E-state index in [4.69, 9.17) is 4.98 Å². The molecule has 2 fully saturated rings. The second-order valence-electron chi connectivity index (χ2n) is 8.83. The number of likely N-dealkylation sites (tertiary alicyclic amines) is 2. The van der Waals surface area contributed by atoms with Crippen molar-refractivity contribution >= 4 is 0 Å². The van der Waals surface area contributed by atoms with Crippen molar-refractivity contribution in [3.05, 3.63) is 58.4 Å². The Kier molecular flexibility index (Phi) is 5.48. The van der Waals surface area contributed by atoms with E-state index < -0.39 is 0 Å². The lowest BCUT2D eigenvalue weighted by Crippen LogP contribution is -2.44. The second kappa shape index (κ2) is 7.88. The van der Waals surface area contributed by atoms with Gasteiger partial charge < -0.3 is 0 Å². The van der Waals surface area contributed by atoms with Crippen molar-refractivity contribution in [2.45, 2.75) is 53.1 Å². The molecule has 150 valence electrons. The van der Waals surface area contributed by atoms with E-state index in [0.717, 1.165) is 62.0 Å². The van der Waals surface area contributed by atoms with Gasteiger partial charge >= 0.3 is 0 Å². The number of halogens is 1. The summed E-state index contributed by atoms with van der Waals surface area (Å²) in [5.74, 6) is -0.157. The van der Waals surface area contributed by atoms with Crippen molar-refractivity contribution in [2.75, 3.05) is 26.2 Å². The van der Waals surface area contributed by atoms with Gasteiger partial charge in [-0.15, -0.1) is 0 Å². The topological polar surface area (TPSA) is 32.3 Å². The van der Waals surface area contributed by atoms with Crippen molar-refractivity contribution in [3.63, 3.8) is 0 Å². The van der Waals surface area contributed by atoms with E-state index in [1.54, 1.807) is 12.1 Å². The largest absolute Gasteiger partial charge is 0.298 e. The quantitative estimate of drug-likeness (QED) is 0.799. The number of hydrogen-bond acceptors (Lipinski definition) is 4. The molecule has 1 unspecified atom stereocenters. The molecule has 2 saturated heterocycles. The molecule has 28 heavy (non-hydrogen) atoms. The van der Waals surface area contributed by atoms with Crippen LogP contribution in [0, 0.1) is 32.0 Å². The summed E-state index contributed by atoms with van der Waals surface area (Å²) in [7, 11) is 0. The van der Waals surface area contributed by atoms with E-state index in [1.807, 2.05) is 26.0 Å². The zero-order chi connectivity index (χ0) is 19.7. The smallest absolute Gasteiger partial charge is 0.123 e. The lowest BCUT2D eigenvalue weighted by molar-refractivity contribution is 0.0864. The van der Waals surface area contributed by atoms with Crippen molar-refractivity contribution in [2.24, 2.45) is 5.41 Å². The van der Waals surface area contributed by atoms with Gasteiger partial charge in [-0.3, -0.25) is 19.8 Å². The van der Waals surface area contributed by atoms with Gasteiger partial charge in [0, 0.05) is 26.2 Å². The molecule has 0 bridgehead atoms. The number of benzene rings is 1. The minimum Gasteiger partial charge on any atom is -0.298 e. The summed E-state index contributed by atoms with van der Waals surface area (Å²) < 4.78 is 13.2. The van der Waals surface area contributed by atoms with Crippen LogP contribution in [0.2, 0.25) is 0 Å². The summed E-state index contributed by atoms with van der Waals surface area (Å²) in [5.41, 5.74) is 5.85. The molecule has 1 spiro atoms. The number of rotatable bonds is 4. The van der Waals surface area contributed by atoms with E-state index in [9.17, 15) is 4.39 Å². The van der Waals surface area contributed by atoms with Gasteiger partial charge in [0.25, 0.3) is 0 Å². The van der Waals surface area contributed by atoms with Crippen molar-refractivity contribution in [1.82, 2.24) is 19.8 Å². The summed E-state index contributed by atoms with van der Waals surface area (Å²) in [6.07, 6.45) is 3.81. The first-order valence-electron chi connectivity index (χ1n) is 10.4. The van der Waals surface area contributed by atoms with Gasteiger partial charge in [-0.2, -0.15) is 0 Å². The molecule has 1 atom stereocenters. The number of nitrogens with zero attached hydrogens (tertiary/aromatic N) is 4. The molecule has 1 aromatic heterocycles. The standard InChI is InChI=1S/C23H31FN4/c1-17-18(2)26-22(19(3)25-17)14-28-12-10-23(16-28)9-4-11-27(15-23)13-20-5-7-21(24)8-6-20/h5-8H,4,9-16H2,1-3H3. The fraction of sp³-hybridized carbons (Fsp3) is 0.565. The molecule has 4 nitrogen and oxygen atoms in total. The SMILES string of the molecule is Cc1nc(C)c(CN2CCC3(CCCN(Cc4ccc(F)cc4)C3)C2)nc1C. The molecule has 0 amide bonds. The first kappa shape index (κ1) is 19.5. The maximum absolute atomic E-state index is 13.2. The summed E-state index contributed by atoms with van der Waals surface area (Å²) in [6.45, 7) is 12.5. The molecular formula is C23H31FN4. The Labute approximate surface area is 167 Å². The average Bonchev–Trinajstić information content (AvgIpc) is 3.03. The number of aromatic nitrogens is 2. The van der Waals surface area contributed by atoms with Crippen molar-refractivity contribution < 1.29 is 4.39 Å². The van der Waals surface area contributed by atoms with Crippen LogP contribution in [-0.2, 0) is 13.1 Å². The Morgan fingerprint density at radius 1 is 0.857 bits per heavy atom. The third kappa shape index (κ3) is 4.26. The van der Waals surface area contributed by atoms with E-state index in [1.165, 1.54) is 24.8 Å². The van der Waals surface area contributed by atoms with Gasteiger partial charge in [0.1, 0.15) is 5.82 Å². The van der Waals surface area contributed by atoms with Gasteiger partial charge in [0.2, 0.25) is 0 Å². The lowest BCUT2D eigenvalue weighted by atomic mass is 9.79. The number of piperidine rings is 1. The van der Waals surface area contributed by atoms with E-state index in [2.05, 4.69) is 21.7 Å². The van der Waals surface area contributed by atoms with Gasteiger partial charge in [-0.1, -0.05) is 12.1 Å². The lowest BCUT2D eigenvalue weighted by Gasteiger charge is -2.40. The summed E-state index contributed by atoms with van der Waals surface area (Å²) >= 11 is 0. The maximum atomic E-state index is 13.2. The summed E-state index contributed by atoms with van der Waals surface area (Å²) in [5, 5.41) is 0. The van der Waals surface area contributed by atoms with Crippen LogP contribution >= 0.6 is 0 Å². The number of hydrogen-bond donors (Lipinski definition) is 0. The first-order valence-corrected chi connectivity index (χ1v) is 10.4. The minimum atomic E-state index is -0.157. The molecular weight excluding hydrogens is 351 g/mol. The highest BCUT2D eigenvalue weighted by Gasteiger charge is 2.41. The molecule has 5 heteroatoms. The van der Waals surface area contributed by atoms with E-state index in [-0.39, 0.29) is 5.82 Å². The van der Waals surface area contributed by atoms with Crippen LogP contribution in [0.5, 0.6) is 0 Å². The normalized spacial score (nSPS) is 23.6. The molecule has 4 rings (SSSR count). The maximum Gasteiger partial charge on any atom is 0.123 e. The highest BCUT2D eigenvalue weighted by atomic mass is 19.1. The van der Waals surface area contributed by atoms with Gasteiger partial charge in [-0.25, -0.2) is 4.39 Å². The molecule has 0 N–H and O–H groups in total. The summed E-state index contributed by atoms with van der Waals surface area (Å²) in [6, 6.07) is 6.97. The van der Waals surface area contributed by atoms with Crippen LogP contribution in [0.3, 0.4) is 0 Å². The van der Waals surface area contributed by atoms with Crippen molar-refractivity contribution in [3.8, 4) is 0 Å². The fourth-order valence-corrected chi connectivity index (χ4v) is 4.91. The van der Waals surface area contributed by atoms with Gasteiger partial charge in [0.05, 0.1) is 22.8 Å². The van der Waals surface area contributed by atoms with Gasteiger partial charge in [-0.05, 0) is 76.2 Å². The monoisotopic (exact) mass is 382 g/mol. The molecule has 3 heterocycles. The zero-order valence-corrected chi connectivity index (χ0v) is 17.3. The molecule has 0 aliphatic carbocycles. The van der Waals surface area contributed by atoms with E-state index in [0.29, 0.717) is 5.41 Å². The van der Waals surface area contributed by atoms with Crippen LogP contribution in [0.4, 0.5) is 4.39 Å². The molecule has 2 aliphatic heterocycles. The third-order valence-electron chi connectivity index (χ3n) is 6.53. The van der Waals surface area contributed by atoms with E-state index >= 15 is 0 Å². The summed E-state index contributed by atoms with van der Waals surface area (Å²) in [4.78, 5) is 14.6. The van der Waals surface area contributed by atoms with Crippen LogP contribution in [-0.4, -0.2) is 45.9 Å². The van der Waals surface area contributed by atoms with Crippen molar-refractivity contribution in [1.29, 1.82) is 0 Å².